The molecule has 0 radical (unpaired) electrons. The SMILES string of the molecule is Cc1cccc2c1OCCCC2NCc1ccn(C)n1. The standard InChI is InChI=1S/C16H21N3O/c1-12-5-3-6-14-15(7-4-10-20-16(12)14)17-11-13-8-9-19(2)18-13/h3,5-6,8-9,15,17H,4,7,10-11H2,1-2H3. The third-order valence-electron chi connectivity index (χ3n) is 3.80. The van der Waals surface area contributed by atoms with Crippen LogP contribution in [-0.2, 0) is 13.6 Å². The highest BCUT2D eigenvalue weighted by molar-refractivity contribution is 5.43. The molecule has 2 heterocycles. The van der Waals surface area contributed by atoms with Gasteiger partial charge in [-0.25, -0.2) is 0 Å². The van der Waals surface area contributed by atoms with Crippen LogP contribution in [0.25, 0.3) is 0 Å². The van der Waals surface area contributed by atoms with Gasteiger partial charge >= 0.3 is 0 Å². The number of rotatable bonds is 3. The van der Waals surface area contributed by atoms with Crippen LogP contribution < -0.4 is 10.1 Å². The van der Waals surface area contributed by atoms with Crippen molar-refractivity contribution in [2.24, 2.45) is 7.05 Å². The Labute approximate surface area is 119 Å². The van der Waals surface area contributed by atoms with Crippen LogP contribution >= 0.6 is 0 Å². The summed E-state index contributed by atoms with van der Waals surface area (Å²) in [6, 6.07) is 8.79. The zero-order chi connectivity index (χ0) is 13.9. The molecule has 0 fully saturated rings. The molecule has 1 aliphatic heterocycles. The van der Waals surface area contributed by atoms with Gasteiger partial charge in [0.25, 0.3) is 0 Å². The van der Waals surface area contributed by atoms with Crippen molar-refractivity contribution in [1.82, 2.24) is 15.1 Å². The van der Waals surface area contributed by atoms with Crippen LogP contribution in [-0.4, -0.2) is 16.4 Å². The van der Waals surface area contributed by atoms with Crippen molar-refractivity contribution in [1.29, 1.82) is 0 Å². The summed E-state index contributed by atoms with van der Waals surface area (Å²) in [6.45, 7) is 3.71. The fourth-order valence-electron chi connectivity index (χ4n) is 2.76. The maximum atomic E-state index is 5.91. The number of nitrogens with one attached hydrogen (secondary N) is 1. The summed E-state index contributed by atoms with van der Waals surface area (Å²) in [5.74, 6) is 1.06. The van der Waals surface area contributed by atoms with E-state index in [1.54, 1.807) is 0 Å². The molecule has 0 saturated carbocycles. The molecule has 0 bridgehead atoms. The van der Waals surface area contributed by atoms with Gasteiger partial charge < -0.3 is 10.1 Å². The van der Waals surface area contributed by atoms with Gasteiger partial charge in [-0.05, 0) is 31.4 Å². The lowest BCUT2D eigenvalue weighted by Crippen LogP contribution is -2.21. The first kappa shape index (κ1) is 13.2. The average Bonchev–Trinajstić information content (AvgIpc) is 2.73. The summed E-state index contributed by atoms with van der Waals surface area (Å²) < 4.78 is 7.74. The van der Waals surface area contributed by atoms with Crippen molar-refractivity contribution in [3.05, 3.63) is 47.3 Å². The lowest BCUT2D eigenvalue weighted by Gasteiger charge is -2.18. The molecular weight excluding hydrogens is 250 g/mol. The van der Waals surface area contributed by atoms with Gasteiger partial charge in [-0.15, -0.1) is 0 Å². The van der Waals surface area contributed by atoms with E-state index >= 15 is 0 Å². The fraction of sp³-hybridized carbons (Fsp3) is 0.438. The molecule has 1 aliphatic rings. The highest BCUT2D eigenvalue weighted by atomic mass is 16.5. The molecule has 0 aliphatic carbocycles. The normalized spacial score (nSPS) is 18.2. The van der Waals surface area contributed by atoms with E-state index in [2.05, 4.69) is 41.6 Å². The van der Waals surface area contributed by atoms with Crippen molar-refractivity contribution in [2.45, 2.75) is 32.4 Å². The summed E-state index contributed by atoms with van der Waals surface area (Å²) in [5.41, 5.74) is 3.57. The highest BCUT2D eigenvalue weighted by Gasteiger charge is 2.20. The van der Waals surface area contributed by atoms with Crippen molar-refractivity contribution < 1.29 is 4.74 Å². The van der Waals surface area contributed by atoms with Crippen LogP contribution in [0.15, 0.2) is 30.5 Å². The Kier molecular flexibility index (Phi) is 3.74. The van der Waals surface area contributed by atoms with Crippen LogP contribution in [0, 0.1) is 6.92 Å². The van der Waals surface area contributed by atoms with Crippen molar-refractivity contribution in [3.8, 4) is 5.75 Å². The summed E-state index contributed by atoms with van der Waals surface area (Å²) in [7, 11) is 1.95. The first-order valence-electron chi connectivity index (χ1n) is 7.18. The molecule has 20 heavy (non-hydrogen) atoms. The number of hydrogen-bond donors (Lipinski definition) is 1. The minimum Gasteiger partial charge on any atom is -0.493 e. The van der Waals surface area contributed by atoms with Gasteiger partial charge in [-0.3, -0.25) is 4.68 Å². The molecule has 1 unspecified atom stereocenters. The van der Waals surface area contributed by atoms with Gasteiger partial charge in [0.15, 0.2) is 0 Å². The van der Waals surface area contributed by atoms with Crippen LogP contribution in [0.5, 0.6) is 5.75 Å². The van der Waals surface area contributed by atoms with Gasteiger partial charge in [0.1, 0.15) is 5.75 Å². The van der Waals surface area contributed by atoms with Crippen molar-refractivity contribution in [2.75, 3.05) is 6.61 Å². The fourth-order valence-corrected chi connectivity index (χ4v) is 2.76. The molecule has 106 valence electrons. The molecule has 0 saturated heterocycles. The molecule has 1 N–H and O–H groups in total. The van der Waals surface area contributed by atoms with Gasteiger partial charge in [0.2, 0.25) is 0 Å². The third kappa shape index (κ3) is 2.70. The largest absolute Gasteiger partial charge is 0.493 e. The topological polar surface area (TPSA) is 39.1 Å². The molecule has 2 aromatic rings. The molecule has 0 amide bonds. The monoisotopic (exact) mass is 271 g/mol. The van der Waals surface area contributed by atoms with Crippen molar-refractivity contribution in [3.63, 3.8) is 0 Å². The highest BCUT2D eigenvalue weighted by Crippen LogP contribution is 2.34. The van der Waals surface area contributed by atoms with E-state index in [-0.39, 0.29) is 0 Å². The number of nitrogens with zero attached hydrogens (tertiary/aromatic N) is 2. The maximum Gasteiger partial charge on any atom is 0.126 e. The van der Waals surface area contributed by atoms with Gasteiger partial charge in [0, 0.05) is 31.4 Å². The number of para-hydroxylation sites is 1. The Morgan fingerprint density at radius 1 is 1.40 bits per heavy atom. The number of benzene rings is 1. The predicted molar refractivity (Wildman–Crippen MR) is 78.7 cm³/mol. The second-order valence-electron chi connectivity index (χ2n) is 5.40. The lowest BCUT2D eigenvalue weighted by atomic mass is 10.00. The second kappa shape index (κ2) is 5.67. The molecule has 0 spiro atoms. The van der Waals surface area contributed by atoms with Crippen LogP contribution in [0.2, 0.25) is 0 Å². The Morgan fingerprint density at radius 3 is 3.10 bits per heavy atom. The molecule has 1 atom stereocenters. The van der Waals surface area contributed by atoms with Crippen LogP contribution in [0.4, 0.5) is 0 Å². The van der Waals surface area contributed by atoms with Gasteiger partial charge in [-0.2, -0.15) is 5.10 Å². The smallest absolute Gasteiger partial charge is 0.126 e. The Morgan fingerprint density at radius 2 is 2.30 bits per heavy atom. The van der Waals surface area contributed by atoms with E-state index in [9.17, 15) is 0 Å². The van der Waals surface area contributed by atoms with E-state index in [1.807, 2.05) is 17.9 Å². The number of fused-ring (bicyclic) bond motifs is 1. The van der Waals surface area contributed by atoms with Gasteiger partial charge in [0.05, 0.1) is 12.3 Å². The number of aryl methyl sites for hydroxylation is 2. The first-order valence-corrected chi connectivity index (χ1v) is 7.18. The summed E-state index contributed by atoms with van der Waals surface area (Å²) in [4.78, 5) is 0. The lowest BCUT2D eigenvalue weighted by molar-refractivity contribution is 0.313. The number of ether oxygens (including phenoxy) is 1. The van der Waals surface area contributed by atoms with E-state index in [0.717, 1.165) is 37.4 Å². The number of hydrogen-bond acceptors (Lipinski definition) is 3. The van der Waals surface area contributed by atoms with E-state index < -0.39 is 0 Å². The second-order valence-corrected chi connectivity index (χ2v) is 5.40. The Hall–Kier alpha value is -1.81. The predicted octanol–water partition coefficient (Wildman–Crippen LogP) is 2.73. The minimum absolute atomic E-state index is 0.342. The summed E-state index contributed by atoms with van der Waals surface area (Å²) in [5, 5.41) is 8.03. The van der Waals surface area contributed by atoms with Crippen LogP contribution in [0.3, 0.4) is 0 Å². The molecule has 4 nitrogen and oxygen atoms in total. The molecular formula is C16H21N3O. The van der Waals surface area contributed by atoms with E-state index in [4.69, 9.17) is 4.74 Å². The van der Waals surface area contributed by atoms with Gasteiger partial charge in [-0.1, -0.05) is 18.2 Å². The third-order valence-corrected chi connectivity index (χ3v) is 3.80. The van der Waals surface area contributed by atoms with E-state index in [0.29, 0.717) is 6.04 Å². The molecule has 4 heteroatoms. The zero-order valence-corrected chi connectivity index (χ0v) is 12.1. The maximum absolute atomic E-state index is 5.91. The minimum atomic E-state index is 0.342. The summed E-state index contributed by atoms with van der Waals surface area (Å²) in [6.07, 6.45) is 4.16. The molecule has 3 rings (SSSR count). The Bertz CT molecular complexity index is 591. The quantitative estimate of drug-likeness (QED) is 0.933. The first-order chi connectivity index (χ1) is 9.74. The molecule has 1 aromatic carbocycles. The summed E-state index contributed by atoms with van der Waals surface area (Å²) >= 11 is 0. The van der Waals surface area contributed by atoms with Crippen LogP contribution in [0.1, 0.15) is 35.7 Å². The zero-order valence-electron chi connectivity index (χ0n) is 12.1. The van der Waals surface area contributed by atoms with Crippen molar-refractivity contribution >= 4 is 0 Å². The van der Waals surface area contributed by atoms with E-state index in [1.165, 1.54) is 11.1 Å². The average molecular weight is 271 g/mol. The Balaban J connectivity index is 1.78. The molecule has 1 aromatic heterocycles. The number of aromatic nitrogens is 2.